The number of carboxylic acid groups (broad SMARTS) is 2. The number of hydrogen-bond acceptors (Lipinski definition) is 20. The van der Waals surface area contributed by atoms with Gasteiger partial charge in [0.05, 0.1) is 47.6 Å². The van der Waals surface area contributed by atoms with Crippen LogP contribution in [0, 0.1) is 23.7 Å². The molecule has 0 aliphatic carbocycles. The van der Waals surface area contributed by atoms with Crippen molar-refractivity contribution in [1.82, 2.24) is 15.1 Å². The molecular formula is C53H86KN3O19S2. The number of carbonyl (C=O) groups is 6. The Bertz CT molecular complexity index is 2240. The third-order valence-corrected chi connectivity index (χ3v) is 18.9. The van der Waals surface area contributed by atoms with Crippen LogP contribution in [0.2, 0.25) is 0 Å². The summed E-state index contributed by atoms with van der Waals surface area (Å²) in [6.45, 7) is 20.5. The number of fused-ring (bicyclic) bond motifs is 1. The van der Waals surface area contributed by atoms with Crippen molar-refractivity contribution in [2.75, 3.05) is 28.3 Å². The van der Waals surface area contributed by atoms with Crippen LogP contribution in [0.15, 0.2) is 16.8 Å². The van der Waals surface area contributed by atoms with Crippen molar-refractivity contribution in [2.24, 2.45) is 23.7 Å². The standard InChI is InChI=1S/C38H69NO13.C15H16N2O6S2.K.H/c1-15-26-38(10,45)31(42)21(4)28(40)19(2)17-37(9,47-14)33(52-35-29(41)25(39(11)12)16-20(3)48-35)22(5)30(23(6)34(44)50-26)51-27-18-36(8,46-13)32(43)24(7)49-27;1-15(2)9(14(22)23)17-11(19)8(12(17)25-15)16-10(18)7(13(20)21)6-3-4-24-5-6;;/h19-27,29-33,35,41-43,45H,15-18H2,1-14H3;3-5,7-9,12H,1-2H3,(H,16,18)(H,20,21)(H,22,23);;/t19-,20-,21+,22+,23-,24+,25+,26-,27+,29-,30+,31-,32+,33-,35+,36-,37-,38-;7-,8-,9+,12-;;/m11../s1. The molecule has 0 radical (unpaired) electrons. The number of ketones is 1. The van der Waals surface area contributed by atoms with Crippen LogP contribution in [0.4, 0.5) is 0 Å². The molecule has 6 heterocycles. The van der Waals surface area contributed by atoms with Crippen molar-refractivity contribution in [2.45, 2.75) is 221 Å². The van der Waals surface area contributed by atoms with Gasteiger partial charge in [-0.3, -0.25) is 24.0 Å². The molecule has 0 spiro atoms. The van der Waals surface area contributed by atoms with Crippen LogP contribution < -0.4 is 5.32 Å². The molecule has 5 aliphatic heterocycles. The Kier molecular flexibility index (Phi) is 24.1. The van der Waals surface area contributed by atoms with Gasteiger partial charge in [-0.1, -0.05) is 27.7 Å². The first kappa shape index (κ1) is 68.8. The molecule has 22 nitrogen and oxygen atoms in total. The second-order valence-electron chi connectivity index (χ2n) is 23.0. The minimum absolute atomic E-state index is 0. The molecule has 0 aromatic carbocycles. The summed E-state index contributed by atoms with van der Waals surface area (Å²) >= 11 is 2.56. The average molecular weight is 1170 g/mol. The zero-order chi connectivity index (χ0) is 58.2. The van der Waals surface area contributed by atoms with E-state index in [1.807, 2.05) is 32.8 Å². The monoisotopic (exact) mass is 1170 g/mol. The predicted molar refractivity (Wildman–Crippen MR) is 289 cm³/mol. The zero-order valence-electron chi connectivity index (χ0n) is 47.2. The van der Waals surface area contributed by atoms with Gasteiger partial charge in [0.25, 0.3) is 0 Å². The van der Waals surface area contributed by atoms with E-state index in [9.17, 15) is 59.4 Å². The molecule has 1 aromatic heterocycles. The number of β-lactam (4-membered cyclic amide) rings is 1. The molecule has 5 aliphatic rings. The molecule has 0 bridgehead atoms. The summed E-state index contributed by atoms with van der Waals surface area (Å²) in [4.78, 5) is 79.0. The van der Waals surface area contributed by atoms with Gasteiger partial charge in [0, 0.05) is 49.2 Å². The van der Waals surface area contributed by atoms with Gasteiger partial charge in [-0.2, -0.15) is 11.3 Å². The number of thiophene rings is 1. The van der Waals surface area contributed by atoms with E-state index < -0.39 is 154 Å². The number of hydrogen-bond donors (Lipinski definition) is 7. The fourth-order valence-electron chi connectivity index (χ4n) is 11.8. The summed E-state index contributed by atoms with van der Waals surface area (Å²) in [6.07, 6.45) is -8.73. The molecule has 440 valence electrons. The summed E-state index contributed by atoms with van der Waals surface area (Å²) in [7, 11) is 6.77. The number of likely N-dealkylation sites (N-methyl/N-ethyl adjacent to an activating group) is 1. The van der Waals surface area contributed by atoms with Crippen molar-refractivity contribution >= 4 is 110 Å². The number of Topliss-reactive ketones (excluding diaryl/α,β-unsaturated/α-hetero) is 1. The summed E-state index contributed by atoms with van der Waals surface area (Å²) in [5.41, 5.74) is -3.90. The number of aliphatic hydroxyl groups is 4. The fraction of sp³-hybridized carbons (Fsp3) is 0.811. The third kappa shape index (κ3) is 14.4. The number of aliphatic hydroxyl groups excluding tert-OH is 3. The van der Waals surface area contributed by atoms with Gasteiger partial charge in [-0.25, -0.2) is 4.79 Å². The van der Waals surface area contributed by atoms with Gasteiger partial charge in [0.1, 0.15) is 47.2 Å². The first-order chi connectivity index (χ1) is 35.6. The van der Waals surface area contributed by atoms with E-state index in [-0.39, 0.29) is 88.6 Å². The van der Waals surface area contributed by atoms with E-state index in [1.54, 1.807) is 79.1 Å². The SMILES string of the molecule is CC1(C)S[C@@H]2[C@H](NC(=O)[C@H](C(=O)O)c3ccsc3)C(=O)N2[C@H]1C(=O)O.CC[C@H]1OC(=O)[C@H](C)[C@@H](O[C@H]2C[C@@](C)(OC)[C@@H](O)[C@H](C)O2)[C@H](C)[C@@H](O[C@@H]2O[C@H](C)C[C@H](N(C)C)[C@H]2O)[C@](C)(OC)C[C@@H](C)C(=O)[C@H](C)[C@@H](O)[C@]1(C)O.[KH]. The van der Waals surface area contributed by atoms with E-state index in [4.69, 9.17) is 33.2 Å². The van der Waals surface area contributed by atoms with Gasteiger partial charge < -0.3 is 78.9 Å². The normalized spacial score (nSPS) is 41.7. The van der Waals surface area contributed by atoms with Crippen molar-refractivity contribution in [3.05, 3.63) is 22.4 Å². The van der Waals surface area contributed by atoms with Gasteiger partial charge in [-0.15, -0.1) is 11.8 Å². The molecule has 0 saturated carbocycles. The van der Waals surface area contributed by atoms with Gasteiger partial charge >= 0.3 is 69.3 Å². The molecular weight excluding hydrogens is 1090 g/mol. The summed E-state index contributed by atoms with van der Waals surface area (Å²) in [5, 5.41) is 69.5. The molecule has 6 rings (SSSR count). The number of aliphatic carboxylic acids is 2. The van der Waals surface area contributed by atoms with Gasteiger partial charge in [-0.05, 0) is 111 Å². The zero-order valence-corrected chi connectivity index (χ0v) is 48.9. The Morgan fingerprint density at radius 2 is 1.51 bits per heavy atom. The Morgan fingerprint density at radius 1 is 0.897 bits per heavy atom. The van der Waals surface area contributed by atoms with Crippen LogP contribution >= 0.6 is 23.1 Å². The Hall–Kier alpha value is -1.73. The average Bonchev–Trinajstić information content (AvgIpc) is 3.98. The van der Waals surface area contributed by atoms with Crippen LogP contribution in [0.1, 0.15) is 120 Å². The van der Waals surface area contributed by atoms with Gasteiger partial charge in [0.15, 0.2) is 18.5 Å². The topological polar surface area (TPSA) is 307 Å². The number of amides is 2. The second kappa shape index (κ2) is 27.3. The quantitative estimate of drug-likeness (QED) is 0.0645. The molecule has 22 atom stereocenters. The van der Waals surface area contributed by atoms with Crippen molar-refractivity contribution in [3.63, 3.8) is 0 Å². The number of ether oxygens (including phenoxy) is 7. The maximum absolute atomic E-state index is 14.2. The molecule has 5 saturated heterocycles. The third-order valence-electron chi connectivity index (χ3n) is 16.6. The first-order valence-electron chi connectivity index (χ1n) is 26.3. The van der Waals surface area contributed by atoms with E-state index in [2.05, 4.69) is 5.32 Å². The summed E-state index contributed by atoms with van der Waals surface area (Å²) in [6, 6.07) is -0.627. The number of nitrogens with one attached hydrogen (secondary N) is 1. The molecule has 5 fully saturated rings. The molecule has 78 heavy (non-hydrogen) atoms. The van der Waals surface area contributed by atoms with Crippen LogP contribution in [0.5, 0.6) is 0 Å². The van der Waals surface area contributed by atoms with Crippen LogP contribution in [0.3, 0.4) is 0 Å². The van der Waals surface area contributed by atoms with Crippen LogP contribution in [0.25, 0.3) is 0 Å². The second-order valence-corrected chi connectivity index (χ2v) is 25.6. The Morgan fingerprint density at radius 3 is 2.04 bits per heavy atom. The molecule has 7 N–H and O–H groups in total. The number of nitrogens with zero attached hydrogens (tertiary/aromatic N) is 2. The Balaban J connectivity index is 0.000000419. The molecule has 2 amide bonds. The molecule has 25 heteroatoms. The van der Waals surface area contributed by atoms with Crippen LogP contribution in [-0.2, 0) is 61.9 Å². The molecule has 1 aromatic rings. The van der Waals surface area contributed by atoms with E-state index in [1.165, 1.54) is 49.1 Å². The number of rotatable bonds is 13. The number of thioether (sulfide) groups is 1. The van der Waals surface area contributed by atoms with Gasteiger partial charge in [0.2, 0.25) is 11.8 Å². The van der Waals surface area contributed by atoms with E-state index >= 15 is 0 Å². The fourth-order valence-corrected chi connectivity index (χ4v) is 14.1. The van der Waals surface area contributed by atoms with E-state index in [0.717, 1.165) is 0 Å². The Labute approximate surface area is 509 Å². The van der Waals surface area contributed by atoms with Crippen molar-refractivity contribution < 1.29 is 92.6 Å². The number of carbonyl (C=O) groups excluding carboxylic acids is 4. The number of esters is 1. The predicted octanol–water partition coefficient (Wildman–Crippen LogP) is 2.34. The van der Waals surface area contributed by atoms with Crippen LogP contribution in [-0.4, -0.2) is 262 Å². The van der Waals surface area contributed by atoms with Crippen molar-refractivity contribution in [3.8, 4) is 0 Å². The summed E-state index contributed by atoms with van der Waals surface area (Å²) in [5.74, 6) is -9.55. The minimum atomic E-state index is -1.96. The first-order valence-corrected chi connectivity index (χ1v) is 28.1. The molecule has 0 unspecified atom stereocenters. The number of carboxylic acids is 2. The maximum atomic E-state index is 14.2. The van der Waals surface area contributed by atoms with Crippen molar-refractivity contribution in [1.29, 1.82) is 0 Å². The number of methoxy groups -OCH3 is 2. The number of cyclic esters (lactones) is 1. The summed E-state index contributed by atoms with van der Waals surface area (Å²) < 4.78 is 43.2. The van der Waals surface area contributed by atoms with E-state index in [0.29, 0.717) is 12.0 Å².